The van der Waals surface area contributed by atoms with Crippen LogP contribution in [0.15, 0.2) is 54.6 Å². The summed E-state index contributed by atoms with van der Waals surface area (Å²) in [5.74, 6) is -0.211. The largest absolute Gasteiger partial charge is 0.329 e. The molecule has 0 heterocycles. The Morgan fingerprint density at radius 3 is 2.45 bits per heavy atom. The standard InChI is InChI=1S/C17H21FN2/c1-2-20(13-14-7-4-3-5-8-14)17(12-19)15-9-6-10-16(18)11-15/h3-11,17H,2,12-13,19H2,1H3. The molecule has 20 heavy (non-hydrogen) atoms. The minimum atomic E-state index is -0.211. The zero-order chi connectivity index (χ0) is 14.4. The molecule has 0 radical (unpaired) electrons. The first-order valence-corrected chi connectivity index (χ1v) is 6.98. The predicted molar refractivity (Wildman–Crippen MR) is 80.7 cm³/mol. The lowest BCUT2D eigenvalue weighted by molar-refractivity contribution is 0.203. The molecule has 0 aliphatic rings. The van der Waals surface area contributed by atoms with Crippen LogP contribution in [-0.4, -0.2) is 18.0 Å². The first-order valence-electron chi connectivity index (χ1n) is 6.98. The van der Waals surface area contributed by atoms with Crippen LogP contribution in [0.25, 0.3) is 0 Å². The number of hydrogen-bond acceptors (Lipinski definition) is 2. The molecule has 106 valence electrons. The van der Waals surface area contributed by atoms with Crippen molar-refractivity contribution in [1.29, 1.82) is 0 Å². The summed E-state index contributed by atoms with van der Waals surface area (Å²) in [5, 5.41) is 0. The average Bonchev–Trinajstić information content (AvgIpc) is 2.48. The van der Waals surface area contributed by atoms with Crippen molar-refractivity contribution in [3.05, 3.63) is 71.5 Å². The van der Waals surface area contributed by atoms with Crippen molar-refractivity contribution in [2.45, 2.75) is 19.5 Å². The van der Waals surface area contributed by atoms with Crippen molar-refractivity contribution in [3.63, 3.8) is 0 Å². The van der Waals surface area contributed by atoms with Crippen LogP contribution in [0.3, 0.4) is 0 Å². The van der Waals surface area contributed by atoms with E-state index in [1.165, 1.54) is 11.6 Å². The van der Waals surface area contributed by atoms with E-state index in [2.05, 4.69) is 24.0 Å². The lowest BCUT2D eigenvalue weighted by Gasteiger charge is -2.30. The number of likely N-dealkylation sites (N-methyl/N-ethyl adjacent to an activating group) is 1. The maximum atomic E-state index is 13.4. The smallest absolute Gasteiger partial charge is 0.123 e. The fraction of sp³-hybridized carbons (Fsp3) is 0.294. The molecule has 2 N–H and O–H groups in total. The van der Waals surface area contributed by atoms with Gasteiger partial charge in [0, 0.05) is 19.1 Å². The quantitative estimate of drug-likeness (QED) is 0.874. The Kier molecular flexibility index (Phi) is 5.27. The third kappa shape index (κ3) is 3.65. The van der Waals surface area contributed by atoms with E-state index in [4.69, 9.17) is 5.73 Å². The zero-order valence-electron chi connectivity index (χ0n) is 11.8. The van der Waals surface area contributed by atoms with Gasteiger partial charge < -0.3 is 5.73 Å². The molecule has 1 unspecified atom stereocenters. The molecule has 0 bridgehead atoms. The van der Waals surface area contributed by atoms with Crippen molar-refractivity contribution in [1.82, 2.24) is 4.90 Å². The molecule has 0 aliphatic carbocycles. The Hall–Kier alpha value is -1.71. The molecule has 0 saturated carbocycles. The van der Waals surface area contributed by atoms with Crippen LogP contribution in [0.2, 0.25) is 0 Å². The number of benzene rings is 2. The third-order valence-electron chi connectivity index (χ3n) is 3.53. The predicted octanol–water partition coefficient (Wildman–Crippen LogP) is 3.35. The molecule has 2 aromatic rings. The van der Waals surface area contributed by atoms with Gasteiger partial charge in [0.2, 0.25) is 0 Å². The Balaban J connectivity index is 2.19. The molecular weight excluding hydrogens is 251 g/mol. The van der Waals surface area contributed by atoms with Crippen molar-refractivity contribution in [2.75, 3.05) is 13.1 Å². The molecule has 2 rings (SSSR count). The van der Waals surface area contributed by atoms with Crippen LogP contribution >= 0.6 is 0 Å². The number of hydrogen-bond donors (Lipinski definition) is 1. The van der Waals surface area contributed by atoms with E-state index >= 15 is 0 Å². The van der Waals surface area contributed by atoms with E-state index in [9.17, 15) is 4.39 Å². The van der Waals surface area contributed by atoms with Gasteiger partial charge in [-0.15, -0.1) is 0 Å². The van der Waals surface area contributed by atoms with Crippen molar-refractivity contribution < 1.29 is 4.39 Å². The lowest BCUT2D eigenvalue weighted by atomic mass is 10.0. The first-order chi connectivity index (χ1) is 9.74. The van der Waals surface area contributed by atoms with Gasteiger partial charge in [-0.25, -0.2) is 4.39 Å². The van der Waals surface area contributed by atoms with Crippen molar-refractivity contribution in [3.8, 4) is 0 Å². The van der Waals surface area contributed by atoms with E-state index in [1.807, 2.05) is 24.3 Å². The molecule has 2 nitrogen and oxygen atoms in total. The molecule has 0 aliphatic heterocycles. The summed E-state index contributed by atoms with van der Waals surface area (Å²) in [7, 11) is 0. The second kappa shape index (κ2) is 7.17. The van der Waals surface area contributed by atoms with E-state index in [1.54, 1.807) is 12.1 Å². The Morgan fingerprint density at radius 1 is 1.10 bits per heavy atom. The molecular formula is C17H21FN2. The van der Waals surface area contributed by atoms with Crippen LogP contribution in [0.5, 0.6) is 0 Å². The van der Waals surface area contributed by atoms with Gasteiger partial charge in [-0.05, 0) is 29.8 Å². The number of halogens is 1. The van der Waals surface area contributed by atoms with Gasteiger partial charge >= 0.3 is 0 Å². The van der Waals surface area contributed by atoms with Crippen LogP contribution in [0.1, 0.15) is 24.1 Å². The highest BCUT2D eigenvalue weighted by atomic mass is 19.1. The average molecular weight is 272 g/mol. The van der Waals surface area contributed by atoms with E-state index in [0.29, 0.717) is 6.54 Å². The molecule has 2 aromatic carbocycles. The zero-order valence-corrected chi connectivity index (χ0v) is 11.8. The van der Waals surface area contributed by atoms with Crippen molar-refractivity contribution in [2.24, 2.45) is 5.73 Å². The van der Waals surface area contributed by atoms with E-state index in [-0.39, 0.29) is 11.9 Å². The summed E-state index contributed by atoms with van der Waals surface area (Å²) in [5.41, 5.74) is 8.10. The Morgan fingerprint density at radius 2 is 1.85 bits per heavy atom. The fourth-order valence-corrected chi connectivity index (χ4v) is 2.47. The van der Waals surface area contributed by atoms with Gasteiger partial charge in [0.1, 0.15) is 5.82 Å². The molecule has 3 heteroatoms. The molecule has 1 atom stereocenters. The SMILES string of the molecule is CCN(Cc1ccccc1)C(CN)c1cccc(F)c1. The first kappa shape index (κ1) is 14.7. The fourth-order valence-electron chi connectivity index (χ4n) is 2.47. The van der Waals surface area contributed by atoms with Gasteiger partial charge in [-0.2, -0.15) is 0 Å². The number of rotatable bonds is 6. The summed E-state index contributed by atoms with van der Waals surface area (Å²) in [6.45, 7) is 4.26. The van der Waals surface area contributed by atoms with Crippen LogP contribution < -0.4 is 5.73 Å². The van der Waals surface area contributed by atoms with Crippen LogP contribution in [-0.2, 0) is 6.54 Å². The van der Waals surface area contributed by atoms with E-state index in [0.717, 1.165) is 18.7 Å². The van der Waals surface area contributed by atoms with E-state index < -0.39 is 0 Å². The molecule has 0 aromatic heterocycles. The third-order valence-corrected chi connectivity index (χ3v) is 3.53. The van der Waals surface area contributed by atoms with Gasteiger partial charge in [0.15, 0.2) is 0 Å². The Labute approximate surface area is 120 Å². The van der Waals surface area contributed by atoms with Crippen molar-refractivity contribution >= 4 is 0 Å². The second-order valence-corrected chi connectivity index (χ2v) is 4.86. The maximum Gasteiger partial charge on any atom is 0.123 e. The lowest BCUT2D eigenvalue weighted by Crippen LogP contribution is -2.33. The maximum absolute atomic E-state index is 13.4. The molecule has 0 spiro atoms. The number of nitrogens with zero attached hydrogens (tertiary/aromatic N) is 1. The summed E-state index contributed by atoms with van der Waals surface area (Å²) in [6.07, 6.45) is 0. The highest BCUT2D eigenvalue weighted by Crippen LogP contribution is 2.22. The topological polar surface area (TPSA) is 29.3 Å². The minimum Gasteiger partial charge on any atom is -0.329 e. The summed E-state index contributed by atoms with van der Waals surface area (Å²) < 4.78 is 13.4. The summed E-state index contributed by atoms with van der Waals surface area (Å²) >= 11 is 0. The molecule has 0 amide bonds. The van der Waals surface area contributed by atoms with Gasteiger partial charge in [0.05, 0.1) is 0 Å². The van der Waals surface area contributed by atoms with Gasteiger partial charge in [0.25, 0.3) is 0 Å². The van der Waals surface area contributed by atoms with Crippen LogP contribution in [0, 0.1) is 5.82 Å². The summed E-state index contributed by atoms with van der Waals surface area (Å²) in [6, 6.07) is 17.0. The highest BCUT2D eigenvalue weighted by molar-refractivity contribution is 5.22. The summed E-state index contributed by atoms with van der Waals surface area (Å²) in [4.78, 5) is 2.27. The monoisotopic (exact) mass is 272 g/mol. The minimum absolute atomic E-state index is 0.0379. The Bertz CT molecular complexity index is 528. The molecule has 0 saturated heterocycles. The highest BCUT2D eigenvalue weighted by Gasteiger charge is 2.18. The second-order valence-electron chi connectivity index (χ2n) is 4.86. The molecule has 0 fully saturated rings. The van der Waals surface area contributed by atoms with Gasteiger partial charge in [-0.1, -0.05) is 49.4 Å². The number of nitrogens with two attached hydrogens (primary N) is 1. The normalized spacial score (nSPS) is 12.6. The van der Waals surface area contributed by atoms with Crippen LogP contribution in [0.4, 0.5) is 4.39 Å². The van der Waals surface area contributed by atoms with Gasteiger partial charge in [-0.3, -0.25) is 4.90 Å².